The Kier molecular flexibility index (Phi) is 8.68. The molecule has 1 aliphatic rings. The minimum absolute atomic E-state index is 0.176. The van der Waals surface area contributed by atoms with Crippen LogP contribution in [0.1, 0.15) is 19.4 Å². The van der Waals surface area contributed by atoms with Gasteiger partial charge in [0.1, 0.15) is 11.5 Å². The van der Waals surface area contributed by atoms with Crippen LogP contribution in [0.2, 0.25) is 5.02 Å². The summed E-state index contributed by atoms with van der Waals surface area (Å²) in [7, 11) is 1.56. The van der Waals surface area contributed by atoms with Crippen LogP contribution < -0.4 is 19.7 Å². The van der Waals surface area contributed by atoms with Gasteiger partial charge in [0, 0.05) is 11.4 Å². The van der Waals surface area contributed by atoms with Gasteiger partial charge in [-0.1, -0.05) is 35.9 Å². The molecule has 2 amide bonds. The topological polar surface area (TPSA) is 94.2 Å². The molecule has 0 spiro atoms. The van der Waals surface area contributed by atoms with Crippen LogP contribution in [0.4, 0.5) is 11.4 Å². The summed E-state index contributed by atoms with van der Waals surface area (Å²) in [6, 6.07) is 20.7. The number of methoxy groups -OCH3 is 1. The molecule has 1 N–H and O–H groups in total. The molecule has 0 radical (unpaired) electrons. The average Bonchev–Trinajstić information content (AvgIpc) is 3.18. The summed E-state index contributed by atoms with van der Waals surface area (Å²) in [5.74, 6) is -0.171. The first-order chi connectivity index (χ1) is 18.8. The lowest BCUT2D eigenvalue weighted by molar-refractivity contribution is -0.138. The minimum atomic E-state index is -0.574. The molecule has 200 valence electrons. The highest BCUT2D eigenvalue weighted by molar-refractivity contribution is 6.33. The summed E-state index contributed by atoms with van der Waals surface area (Å²) in [6.45, 7) is 3.38. The van der Waals surface area contributed by atoms with Gasteiger partial charge in [-0.15, -0.1) is 0 Å². The molecule has 0 bridgehead atoms. The number of nitrogens with zero attached hydrogens (tertiary/aromatic N) is 1. The van der Waals surface area contributed by atoms with E-state index in [1.165, 1.54) is 4.90 Å². The smallest absolute Gasteiger partial charge is 0.340 e. The van der Waals surface area contributed by atoms with E-state index in [0.717, 1.165) is 0 Å². The number of allylic oxidation sites excluding steroid dienone is 1. The number of anilines is 2. The molecule has 1 heterocycles. The Bertz CT molecular complexity index is 1450. The summed E-state index contributed by atoms with van der Waals surface area (Å²) < 4.78 is 16.0. The number of carbonyl (C=O) groups excluding carboxylic acids is 3. The molecular formula is C30H27ClN2O6. The van der Waals surface area contributed by atoms with E-state index in [1.54, 1.807) is 99.8 Å². The second-order valence-corrected chi connectivity index (χ2v) is 8.87. The summed E-state index contributed by atoms with van der Waals surface area (Å²) in [6.07, 6.45) is 1.63. The largest absolute Gasteiger partial charge is 0.497 e. The third-order valence-corrected chi connectivity index (χ3v) is 6.25. The molecule has 8 nitrogen and oxygen atoms in total. The van der Waals surface area contributed by atoms with Crippen LogP contribution in [0.3, 0.4) is 0 Å². The molecule has 0 fully saturated rings. The molecule has 9 heteroatoms. The number of ether oxygens (including phenoxy) is 3. The summed E-state index contributed by atoms with van der Waals surface area (Å²) in [5, 5.41) is 3.13. The standard InChI is InChI=1S/C30H27ClN2O6/c1-4-38-30(36)28-19(2)33(21-11-15-22(37-3)16-12-21)29(35)24(28)17-20-9-13-23(14-10-20)39-18-27(34)32-26-8-6-5-7-25(26)31/h5-17H,4,18H2,1-3H3,(H,32,34)/b24-17-. The van der Waals surface area contributed by atoms with Crippen molar-refractivity contribution in [3.63, 3.8) is 0 Å². The monoisotopic (exact) mass is 546 g/mol. The fraction of sp³-hybridized carbons (Fsp3) is 0.167. The highest BCUT2D eigenvalue weighted by Gasteiger charge is 2.38. The zero-order valence-corrected chi connectivity index (χ0v) is 22.5. The van der Waals surface area contributed by atoms with Gasteiger partial charge in [-0.25, -0.2) is 4.79 Å². The van der Waals surface area contributed by atoms with Crippen molar-refractivity contribution in [1.82, 2.24) is 0 Å². The number of esters is 1. The van der Waals surface area contributed by atoms with Crippen molar-refractivity contribution in [1.29, 1.82) is 0 Å². The van der Waals surface area contributed by atoms with E-state index in [4.69, 9.17) is 25.8 Å². The number of para-hydroxylation sites is 1. The zero-order chi connectivity index (χ0) is 27.9. The van der Waals surface area contributed by atoms with Crippen molar-refractivity contribution in [3.05, 3.63) is 100 Å². The molecule has 0 aromatic heterocycles. The number of carbonyl (C=O) groups is 3. The van der Waals surface area contributed by atoms with Crippen molar-refractivity contribution >= 4 is 46.8 Å². The Morgan fingerprint density at radius 1 is 0.974 bits per heavy atom. The van der Waals surface area contributed by atoms with Crippen LogP contribution in [0.5, 0.6) is 11.5 Å². The molecule has 3 aromatic rings. The quantitative estimate of drug-likeness (QED) is 0.276. The van der Waals surface area contributed by atoms with Gasteiger partial charge in [0.25, 0.3) is 11.8 Å². The Labute approximate surface area is 231 Å². The van der Waals surface area contributed by atoms with Gasteiger partial charge < -0.3 is 19.5 Å². The van der Waals surface area contributed by atoms with Crippen molar-refractivity contribution in [2.24, 2.45) is 0 Å². The normalized spacial score (nSPS) is 14.0. The van der Waals surface area contributed by atoms with Gasteiger partial charge in [0.2, 0.25) is 0 Å². The average molecular weight is 547 g/mol. The van der Waals surface area contributed by atoms with Crippen molar-refractivity contribution in [2.45, 2.75) is 13.8 Å². The zero-order valence-electron chi connectivity index (χ0n) is 21.7. The van der Waals surface area contributed by atoms with Gasteiger partial charge in [-0.3, -0.25) is 14.5 Å². The number of hydrogen-bond acceptors (Lipinski definition) is 6. The SMILES string of the molecule is CCOC(=O)C1=C(C)N(c2ccc(OC)cc2)C(=O)/C1=C\c1ccc(OCC(=O)Nc2ccccc2Cl)cc1. The first-order valence-corrected chi connectivity index (χ1v) is 12.6. The van der Waals surface area contributed by atoms with Crippen LogP contribution in [0.25, 0.3) is 6.08 Å². The number of amides is 2. The van der Waals surface area contributed by atoms with Gasteiger partial charge in [-0.05, 0) is 74.0 Å². The van der Waals surface area contributed by atoms with Crippen LogP contribution >= 0.6 is 11.6 Å². The Morgan fingerprint density at radius 3 is 2.28 bits per heavy atom. The van der Waals surface area contributed by atoms with Gasteiger partial charge in [0.15, 0.2) is 6.61 Å². The second kappa shape index (κ2) is 12.3. The summed E-state index contributed by atoms with van der Waals surface area (Å²) >= 11 is 6.07. The predicted octanol–water partition coefficient (Wildman–Crippen LogP) is 5.63. The maximum Gasteiger partial charge on any atom is 0.340 e. The van der Waals surface area contributed by atoms with Crippen molar-refractivity contribution < 1.29 is 28.6 Å². The Balaban J connectivity index is 1.52. The number of benzene rings is 3. The number of halogens is 1. The third kappa shape index (κ3) is 6.30. The molecule has 0 saturated heterocycles. The number of hydrogen-bond donors (Lipinski definition) is 1. The molecular weight excluding hydrogens is 520 g/mol. The fourth-order valence-electron chi connectivity index (χ4n) is 4.05. The van der Waals surface area contributed by atoms with Gasteiger partial charge in [-0.2, -0.15) is 0 Å². The maximum absolute atomic E-state index is 13.5. The number of nitrogens with one attached hydrogen (secondary N) is 1. The van der Waals surface area contributed by atoms with Crippen molar-refractivity contribution in [2.75, 3.05) is 30.5 Å². The van der Waals surface area contributed by atoms with Gasteiger partial charge >= 0.3 is 5.97 Å². The third-order valence-electron chi connectivity index (χ3n) is 5.92. The van der Waals surface area contributed by atoms with E-state index in [0.29, 0.717) is 39.2 Å². The van der Waals surface area contributed by atoms with Crippen molar-refractivity contribution in [3.8, 4) is 11.5 Å². The molecule has 0 saturated carbocycles. The second-order valence-electron chi connectivity index (χ2n) is 8.46. The van der Waals surface area contributed by atoms with E-state index >= 15 is 0 Å². The first-order valence-electron chi connectivity index (χ1n) is 12.2. The van der Waals surface area contributed by atoms with E-state index in [2.05, 4.69) is 5.32 Å². The molecule has 4 rings (SSSR count). The summed E-state index contributed by atoms with van der Waals surface area (Å²) in [5.41, 5.74) is 2.66. The first kappa shape index (κ1) is 27.5. The van der Waals surface area contributed by atoms with Crippen LogP contribution in [-0.2, 0) is 19.1 Å². The maximum atomic E-state index is 13.5. The lowest BCUT2D eigenvalue weighted by atomic mass is 10.0. The highest BCUT2D eigenvalue weighted by Crippen LogP contribution is 2.36. The highest BCUT2D eigenvalue weighted by atomic mass is 35.5. The lowest BCUT2D eigenvalue weighted by Gasteiger charge is -2.18. The Morgan fingerprint density at radius 2 is 1.64 bits per heavy atom. The molecule has 0 atom stereocenters. The number of rotatable bonds is 9. The van der Waals surface area contributed by atoms with Gasteiger partial charge in [0.05, 0.1) is 35.6 Å². The van der Waals surface area contributed by atoms with E-state index in [1.807, 2.05) is 0 Å². The fourth-order valence-corrected chi connectivity index (χ4v) is 4.23. The van der Waals surface area contributed by atoms with E-state index in [9.17, 15) is 14.4 Å². The molecule has 3 aromatic carbocycles. The Hall–Kier alpha value is -4.56. The minimum Gasteiger partial charge on any atom is -0.497 e. The summed E-state index contributed by atoms with van der Waals surface area (Å²) in [4.78, 5) is 40.1. The van der Waals surface area contributed by atoms with Crippen LogP contribution in [0, 0.1) is 0 Å². The molecule has 1 aliphatic heterocycles. The molecule has 0 unspecified atom stereocenters. The predicted molar refractivity (Wildman–Crippen MR) is 150 cm³/mol. The molecule has 0 aliphatic carbocycles. The van der Waals surface area contributed by atoms with Crippen LogP contribution in [0.15, 0.2) is 89.6 Å². The van der Waals surface area contributed by atoms with E-state index < -0.39 is 5.97 Å². The molecule has 39 heavy (non-hydrogen) atoms. The van der Waals surface area contributed by atoms with E-state index in [-0.39, 0.29) is 36.2 Å². The van der Waals surface area contributed by atoms with Crippen LogP contribution in [-0.4, -0.2) is 38.1 Å². The lowest BCUT2D eigenvalue weighted by Crippen LogP contribution is -2.24.